The molecule has 0 unspecified atom stereocenters. The summed E-state index contributed by atoms with van der Waals surface area (Å²) in [7, 11) is 0. The molecular weight excluding hydrogens is 254 g/mol. The number of rotatable bonds is 5. The number of carbonyl (C=O) groups excluding carboxylic acids is 1. The highest BCUT2D eigenvalue weighted by atomic mass is 35.5. The maximum atomic E-state index is 12.0. The van der Waals surface area contributed by atoms with Crippen molar-refractivity contribution in [1.82, 2.24) is 0 Å². The van der Waals surface area contributed by atoms with Gasteiger partial charge >= 0.3 is 12.6 Å². The number of hydrogen-bond acceptors (Lipinski definition) is 3. The van der Waals surface area contributed by atoms with Crippen molar-refractivity contribution in [3.05, 3.63) is 28.8 Å². The van der Waals surface area contributed by atoms with Crippen LogP contribution in [0.4, 0.5) is 8.78 Å². The van der Waals surface area contributed by atoms with Gasteiger partial charge in [0.2, 0.25) is 0 Å². The van der Waals surface area contributed by atoms with Crippen molar-refractivity contribution >= 4 is 17.6 Å². The fraction of sp³-hybridized carbons (Fsp3) is 0.364. The Balaban J connectivity index is 2.78. The minimum absolute atomic E-state index is 0.0337. The summed E-state index contributed by atoms with van der Waals surface area (Å²) >= 11 is 5.72. The number of alkyl halides is 2. The van der Waals surface area contributed by atoms with E-state index in [1.54, 1.807) is 6.92 Å². The van der Waals surface area contributed by atoms with Gasteiger partial charge in [0, 0.05) is 5.02 Å². The zero-order chi connectivity index (χ0) is 12.8. The van der Waals surface area contributed by atoms with Gasteiger partial charge in [0.1, 0.15) is 5.75 Å². The molecule has 0 saturated heterocycles. The molecule has 6 heteroatoms. The number of benzene rings is 1. The Kier molecular flexibility index (Phi) is 5.15. The number of carbonyl (C=O) groups is 1. The second-order valence-electron chi connectivity index (χ2n) is 3.16. The van der Waals surface area contributed by atoms with E-state index in [9.17, 15) is 13.6 Å². The molecule has 0 aliphatic rings. The molecule has 0 atom stereocenters. The number of ether oxygens (including phenoxy) is 2. The molecule has 3 nitrogen and oxygen atoms in total. The second kappa shape index (κ2) is 6.39. The van der Waals surface area contributed by atoms with Crippen LogP contribution in [0.15, 0.2) is 18.2 Å². The lowest BCUT2D eigenvalue weighted by atomic mass is 10.1. The molecule has 17 heavy (non-hydrogen) atoms. The van der Waals surface area contributed by atoms with Crippen molar-refractivity contribution in [3.63, 3.8) is 0 Å². The molecule has 0 aliphatic carbocycles. The normalized spacial score (nSPS) is 10.4. The summed E-state index contributed by atoms with van der Waals surface area (Å²) in [5.74, 6) is -0.524. The first-order chi connectivity index (χ1) is 8.01. The molecule has 1 rings (SSSR count). The van der Waals surface area contributed by atoms with Crippen LogP contribution in [0.2, 0.25) is 5.02 Å². The third kappa shape index (κ3) is 4.99. The molecule has 0 heterocycles. The molecule has 0 aliphatic heterocycles. The first-order valence-corrected chi connectivity index (χ1v) is 5.29. The van der Waals surface area contributed by atoms with Crippen LogP contribution in [0.25, 0.3) is 0 Å². The number of esters is 1. The third-order valence-electron chi connectivity index (χ3n) is 1.81. The first kappa shape index (κ1) is 13.7. The summed E-state index contributed by atoms with van der Waals surface area (Å²) in [4.78, 5) is 11.2. The van der Waals surface area contributed by atoms with Crippen molar-refractivity contribution in [3.8, 4) is 5.75 Å². The van der Waals surface area contributed by atoms with Gasteiger partial charge in [-0.1, -0.05) is 11.6 Å². The summed E-state index contributed by atoms with van der Waals surface area (Å²) in [6, 6.07) is 4.08. The van der Waals surface area contributed by atoms with Gasteiger partial charge in [-0.05, 0) is 30.7 Å². The Morgan fingerprint density at radius 2 is 2.12 bits per heavy atom. The largest absolute Gasteiger partial charge is 0.466 e. The van der Waals surface area contributed by atoms with Gasteiger partial charge in [0.15, 0.2) is 0 Å². The summed E-state index contributed by atoms with van der Waals surface area (Å²) in [6.45, 7) is -0.982. The average Bonchev–Trinajstić information content (AvgIpc) is 2.14. The summed E-state index contributed by atoms with van der Waals surface area (Å²) in [5, 5.41) is 0.224. The Bertz CT molecular complexity index is 396. The fourth-order valence-electron chi connectivity index (χ4n) is 1.27. The molecule has 1 aromatic carbocycles. The van der Waals surface area contributed by atoms with Crippen molar-refractivity contribution < 1.29 is 23.0 Å². The predicted molar refractivity (Wildman–Crippen MR) is 58.4 cm³/mol. The van der Waals surface area contributed by atoms with E-state index in [4.69, 9.17) is 16.3 Å². The third-order valence-corrected chi connectivity index (χ3v) is 2.03. The van der Waals surface area contributed by atoms with Crippen molar-refractivity contribution in [2.75, 3.05) is 6.61 Å². The lowest BCUT2D eigenvalue weighted by Crippen LogP contribution is -2.08. The van der Waals surface area contributed by atoms with Crippen LogP contribution >= 0.6 is 11.6 Å². The standard InChI is InChI=1S/C11H11ClF2O3/c1-2-16-10(15)5-7-3-8(12)6-9(4-7)17-11(13)14/h3-4,6,11H,2,5H2,1H3. The highest BCUT2D eigenvalue weighted by molar-refractivity contribution is 6.30. The molecular formula is C11H11ClF2O3. The second-order valence-corrected chi connectivity index (χ2v) is 3.59. The maximum absolute atomic E-state index is 12.0. The lowest BCUT2D eigenvalue weighted by Gasteiger charge is -2.07. The molecule has 0 aromatic heterocycles. The van der Waals surface area contributed by atoms with Gasteiger partial charge in [-0.15, -0.1) is 0 Å². The Labute approximate surface area is 102 Å². The van der Waals surface area contributed by atoms with E-state index in [-0.39, 0.29) is 23.8 Å². The monoisotopic (exact) mass is 264 g/mol. The summed E-state index contributed by atoms with van der Waals surface area (Å²) in [6.07, 6.45) is -0.0337. The minimum atomic E-state index is -2.93. The Morgan fingerprint density at radius 1 is 1.41 bits per heavy atom. The van der Waals surface area contributed by atoms with Crippen molar-refractivity contribution in [2.45, 2.75) is 20.0 Å². The minimum Gasteiger partial charge on any atom is -0.466 e. The van der Waals surface area contributed by atoms with E-state index in [1.165, 1.54) is 18.2 Å². The predicted octanol–water partition coefficient (Wildman–Crippen LogP) is 3.05. The molecule has 0 radical (unpaired) electrons. The molecule has 0 amide bonds. The molecule has 0 saturated carbocycles. The van der Waals surface area contributed by atoms with Crippen LogP contribution in [-0.4, -0.2) is 19.2 Å². The quantitative estimate of drug-likeness (QED) is 0.767. The van der Waals surface area contributed by atoms with Crippen LogP contribution in [0.1, 0.15) is 12.5 Å². The zero-order valence-corrected chi connectivity index (χ0v) is 9.84. The van der Waals surface area contributed by atoms with Crippen LogP contribution in [0.3, 0.4) is 0 Å². The average molecular weight is 265 g/mol. The molecule has 0 fully saturated rings. The lowest BCUT2D eigenvalue weighted by molar-refractivity contribution is -0.142. The Hall–Kier alpha value is -1.36. The van der Waals surface area contributed by atoms with Gasteiger partial charge in [-0.2, -0.15) is 8.78 Å². The summed E-state index contributed by atoms with van der Waals surface area (Å²) < 4.78 is 33.0. The highest BCUT2D eigenvalue weighted by Crippen LogP contribution is 2.23. The van der Waals surface area contributed by atoms with Gasteiger partial charge in [-0.25, -0.2) is 0 Å². The molecule has 94 valence electrons. The molecule has 0 spiro atoms. The van der Waals surface area contributed by atoms with Crippen LogP contribution in [0, 0.1) is 0 Å². The van der Waals surface area contributed by atoms with Gasteiger partial charge in [0.25, 0.3) is 0 Å². The highest BCUT2D eigenvalue weighted by Gasteiger charge is 2.09. The van der Waals surface area contributed by atoms with Crippen LogP contribution < -0.4 is 4.74 Å². The van der Waals surface area contributed by atoms with E-state index in [1.807, 2.05) is 0 Å². The summed E-state index contributed by atoms with van der Waals surface area (Å²) in [5.41, 5.74) is 0.464. The van der Waals surface area contributed by atoms with E-state index in [0.29, 0.717) is 5.56 Å². The van der Waals surface area contributed by atoms with E-state index in [0.717, 1.165) is 0 Å². The van der Waals surface area contributed by atoms with E-state index in [2.05, 4.69) is 4.74 Å². The SMILES string of the molecule is CCOC(=O)Cc1cc(Cl)cc(OC(F)F)c1. The fourth-order valence-corrected chi connectivity index (χ4v) is 1.52. The van der Waals surface area contributed by atoms with E-state index >= 15 is 0 Å². The van der Waals surface area contributed by atoms with Crippen LogP contribution in [0.5, 0.6) is 5.75 Å². The van der Waals surface area contributed by atoms with Crippen molar-refractivity contribution in [2.24, 2.45) is 0 Å². The van der Waals surface area contributed by atoms with Gasteiger partial charge < -0.3 is 9.47 Å². The zero-order valence-electron chi connectivity index (χ0n) is 9.08. The van der Waals surface area contributed by atoms with E-state index < -0.39 is 12.6 Å². The first-order valence-electron chi connectivity index (χ1n) is 4.91. The number of halogens is 3. The van der Waals surface area contributed by atoms with Gasteiger partial charge in [-0.3, -0.25) is 4.79 Å². The van der Waals surface area contributed by atoms with Crippen LogP contribution in [-0.2, 0) is 16.0 Å². The topological polar surface area (TPSA) is 35.5 Å². The van der Waals surface area contributed by atoms with Crippen molar-refractivity contribution in [1.29, 1.82) is 0 Å². The number of hydrogen-bond donors (Lipinski definition) is 0. The van der Waals surface area contributed by atoms with Gasteiger partial charge in [0.05, 0.1) is 13.0 Å². The molecule has 0 N–H and O–H groups in total. The smallest absolute Gasteiger partial charge is 0.387 e. The maximum Gasteiger partial charge on any atom is 0.387 e. The molecule has 0 bridgehead atoms. The Morgan fingerprint density at radius 3 is 2.71 bits per heavy atom. The molecule has 1 aromatic rings.